The highest BCUT2D eigenvalue weighted by Crippen LogP contribution is 2.37. The minimum atomic E-state index is -0.829. The van der Waals surface area contributed by atoms with E-state index in [2.05, 4.69) is 15.2 Å². The number of rotatable bonds is 8. The Morgan fingerprint density at radius 1 is 1.30 bits per heavy atom. The molecule has 4 rings (SSSR count). The molecule has 2 aliphatic rings. The molecule has 1 aromatic carbocycles. The Kier molecular flexibility index (Phi) is 6.90. The van der Waals surface area contributed by atoms with Crippen LogP contribution in [-0.2, 0) is 17.8 Å². The Morgan fingerprint density at radius 3 is 2.70 bits per heavy atom. The van der Waals surface area contributed by atoms with E-state index in [0.29, 0.717) is 31.7 Å². The summed E-state index contributed by atoms with van der Waals surface area (Å²) in [6.07, 6.45) is 2.84. The third kappa shape index (κ3) is 4.44. The zero-order chi connectivity index (χ0) is 23.6. The first-order valence-electron chi connectivity index (χ1n) is 11.5. The number of piperidine rings is 1. The summed E-state index contributed by atoms with van der Waals surface area (Å²) in [6, 6.07) is 5.24. The number of amides is 3. The van der Waals surface area contributed by atoms with Gasteiger partial charge in [-0.2, -0.15) is 0 Å². The van der Waals surface area contributed by atoms with Crippen molar-refractivity contribution in [3.63, 3.8) is 0 Å². The maximum Gasteiger partial charge on any atom is 0.325 e. The Labute approximate surface area is 198 Å². The molecule has 2 N–H and O–H groups in total. The molecule has 2 fully saturated rings. The van der Waals surface area contributed by atoms with Crippen molar-refractivity contribution in [2.75, 3.05) is 26.7 Å². The lowest BCUT2D eigenvalue weighted by Crippen LogP contribution is -2.55. The molecule has 2 saturated heterocycles. The molecule has 9 heteroatoms. The fourth-order valence-electron chi connectivity index (χ4n) is 5.12. The van der Waals surface area contributed by atoms with Crippen LogP contribution in [0.25, 0.3) is 0 Å². The van der Waals surface area contributed by atoms with Gasteiger partial charge in [-0.05, 0) is 51.3 Å². The summed E-state index contributed by atoms with van der Waals surface area (Å²) in [5, 5.41) is 13.5. The fourth-order valence-corrected chi connectivity index (χ4v) is 5.89. The highest BCUT2D eigenvalue weighted by molar-refractivity contribution is 7.09. The van der Waals surface area contributed by atoms with Crippen molar-refractivity contribution >= 4 is 23.3 Å². The summed E-state index contributed by atoms with van der Waals surface area (Å²) in [5.74, 6) is 0.641. The average molecular weight is 473 g/mol. The van der Waals surface area contributed by atoms with Crippen LogP contribution in [-0.4, -0.2) is 64.1 Å². The smallest absolute Gasteiger partial charge is 0.325 e. The zero-order valence-corrected chi connectivity index (χ0v) is 20.3. The van der Waals surface area contributed by atoms with E-state index in [1.54, 1.807) is 30.0 Å². The summed E-state index contributed by atoms with van der Waals surface area (Å²) in [5.41, 5.74) is 2.76. The number of aromatic nitrogens is 1. The predicted molar refractivity (Wildman–Crippen MR) is 126 cm³/mol. The number of nitrogens with one attached hydrogen (secondary N) is 1. The van der Waals surface area contributed by atoms with Crippen LogP contribution in [0.4, 0.5) is 4.79 Å². The molecule has 178 valence electrons. The van der Waals surface area contributed by atoms with Gasteiger partial charge in [-0.3, -0.25) is 14.6 Å². The van der Waals surface area contributed by atoms with Gasteiger partial charge in [0.15, 0.2) is 11.5 Å². The second kappa shape index (κ2) is 9.69. The number of thiazole rings is 1. The minimum absolute atomic E-state index is 0.0873. The number of aromatic hydroxyl groups is 1. The SMILES string of the molecule is CC[C@@]1(C2CCN(Cc3cccc(OC)c3O)CC2)NC(=O)N(CCc2scnc2C)C1=O. The van der Waals surface area contributed by atoms with Crippen molar-refractivity contribution in [3.05, 3.63) is 39.8 Å². The Bertz CT molecular complexity index is 1020. The second-order valence-corrected chi connectivity index (χ2v) is 9.78. The van der Waals surface area contributed by atoms with E-state index < -0.39 is 5.54 Å². The van der Waals surface area contributed by atoms with E-state index in [-0.39, 0.29) is 23.6 Å². The lowest BCUT2D eigenvalue weighted by molar-refractivity contribution is -0.134. The number of urea groups is 1. The number of hydrogen-bond acceptors (Lipinski definition) is 7. The van der Waals surface area contributed by atoms with Gasteiger partial charge in [0.2, 0.25) is 0 Å². The van der Waals surface area contributed by atoms with E-state index >= 15 is 0 Å². The van der Waals surface area contributed by atoms with E-state index in [4.69, 9.17) is 4.74 Å². The quantitative estimate of drug-likeness (QED) is 0.573. The first kappa shape index (κ1) is 23.5. The summed E-state index contributed by atoms with van der Waals surface area (Å²) < 4.78 is 5.22. The number of para-hydroxylation sites is 1. The lowest BCUT2D eigenvalue weighted by Gasteiger charge is -2.40. The highest BCUT2D eigenvalue weighted by Gasteiger charge is 2.54. The van der Waals surface area contributed by atoms with E-state index in [1.807, 2.05) is 26.0 Å². The number of hydrogen-bond donors (Lipinski definition) is 2. The molecule has 8 nitrogen and oxygen atoms in total. The third-order valence-electron chi connectivity index (χ3n) is 7.15. The lowest BCUT2D eigenvalue weighted by atomic mass is 9.75. The third-order valence-corrected chi connectivity index (χ3v) is 8.14. The Balaban J connectivity index is 1.39. The maximum atomic E-state index is 13.5. The monoisotopic (exact) mass is 472 g/mol. The standard InChI is InChI=1S/C24H32N4O4S/c1-4-24(22(30)28(23(31)26-24)13-10-20-16(2)25-15-33-20)18-8-11-27(12-9-18)14-17-6-5-7-19(32-3)21(17)29/h5-7,15,18,29H,4,8-14H2,1-3H3,(H,26,31)/t24-/m0/s1. The largest absolute Gasteiger partial charge is 0.504 e. The fraction of sp³-hybridized carbons (Fsp3) is 0.542. The van der Waals surface area contributed by atoms with Gasteiger partial charge in [-0.15, -0.1) is 11.3 Å². The normalized spacial score (nSPS) is 22.1. The number of ether oxygens (including phenoxy) is 1. The number of phenolic OH excluding ortho intramolecular Hbond substituents is 1. The van der Waals surface area contributed by atoms with Gasteiger partial charge in [0.05, 0.1) is 18.3 Å². The number of imide groups is 1. The first-order valence-corrected chi connectivity index (χ1v) is 12.4. The molecule has 0 bridgehead atoms. The van der Waals surface area contributed by atoms with Crippen LogP contribution in [0.2, 0.25) is 0 Å². The summed E-state index contributed by atoms with van der Waals surface area (Å²) in [7, 11) is 1.54. The molecule has 0 unspecified atom stereocenters. The molecule has 1 aromatic heterocycles. The number of carbonyl (C=O) groups excluding carboxylic acids is 2. The first-order chi connectivity index (χ1) is 15.9. The van der Waals surface area contributed by atoms with Crippen LogP contribution in [0.3, 0.4) is 0 Å². The van der Waals surface area contributed by atoms with Crippen LogP contribution < -0.4 is 10.1 Å². The number of phenols is 1. The Hall–Kier alpha value is -2.65. The molecule has 3 heterocycles. The van der Waals surface area contributed by atoms with Crippen LogP contribution in [0.15, 0.2) is 23.7 Å². The molecule has 0 radical (unpaired) electrons. The molecular weight excluding hydrogens is 440 g/mol. The topological polar surface area (TPSA) is 95.0 Å². The number of carbonyl (C=O) groups is 2. The number of benzene rings is 1. The maximum absolute atomic E-state index is 13.5. The predicted octanol–water partition coefficient (Wildman–Crippen LogP) is 3.32. The molecule has 1 atom stereocenters. The van der Waals surface area contributed by atoms with Crippen molar-refractivity contribution in [2.45, 2.75) is 51.6 Å². The number of likely N-dealkylation sites (tertiary alicyclic amines) is 1. The Morgan fingerprint density at radius 2 is 2.06 bits per heavy atom. The van der Waals surface area contributed by atoms with Gasteiger partial charge < -0.3 is 15.2 Å². The number of aryl methyl sites for hydroxylation is 1. The van der Waals surface area contributed by atoms with Gasteiger partial charge in [-0.1, -0.05) is 19.1 Å². The number of nitrogens with zero attached hydrogens (tertiary/aromatic N) is 3. The summed E-state index contributed by atoms with van der Waals surface area (Å²) in [6.45, 7) is 6.53. The molecule has 0 aliphatic carbocycles. The van der Waals surface area contributed by atoms with Crippen LogP contribution in [0.1, 0.15) is 42.3 Å². The van der Waals surface area contributed by atoms with Gasteiger partial charge in [0.1, 0.15) is 5.54 Å². The molecule has 3 amide bonds. The van der Waals surface area contributed by atoms with Crippen LogP contribution >= 0.6 is 11.3 Å². The molecule has 33 heavy (non-hydrogen) atoms. The highest BCUT2D eigenvalue weighted by atomic mass is 32.1. The van der Waals surface area contributed by atoms with E-state index in [9.17, 15) is 14.7 Å². The van der Waals surface area contributed by atoms with E-state index in [1.165, 1.54) is 4.90 Å². The van der Waals surface area contributed by atoms with Crippen molar-refractivity contribution in [3.8, 4) is 11.5 Å². The van der Waals surface area contributed by atoms with Crippen molar-refractivity contribution in [1.29, 1.82) is 0 Å². The molecule has 2 aromatic rings. The molecular formula is C24H32N4O4S. The molecule has 2 aliphatic heterocycles. The molecule has 0 saturated carbocycles. The second-order valence-electron chi connectivity index (χ2n) is 8.84. The van der Waals surface area contributed by atoms with E-state index in [0.717, 1.165) is 42.1 Å². The van der Waals surface area contributed by atoms with Gasteiger partial charge in [0, 0.05) is 30.0 Å². The zero-order valence-electron chi connectivity index (χ0n) is 19.5. The van der Waals surface area contributed by atoms with Gasteiger partial charge in [0.25, 0.3) is 5.91 Å². The minimum Gasteiger partial charge on any atom is -0.504 e. The van der Waals surface area contributed by atoms with Crippen molar-refractivity contribution in [1.82, 2.24) is 20.1 Å². The number of methoxy groups -OCH3 is 1. The molecule has 0 spiro atoms. The van der Waals surface area contributed by atoms with Crippen LogP contribution in [0, 0.1) is 12.8 Å². The average Bonchev–Trinajstić information content (AvgIpc) is 3.34. The van der Waals surface area contributed by atoms with Crippen molar-refractivity contribution < 1.29 is 19.4 Å². The summed E-state index contributed by atoms with van der Waals surface area (Å²) >= 11 is 1.56. The summed E-state index contributed by atoms with van der Waals surface area (Å²) in [4.78, 5) is 35.3. The van der Waals surface area contributed by atoms with Crippen LogP contribution in [0.5, 0.6) is 11.5 Å². The van der Waals surface area contributed by atoms with Gasteiger partial charge in [-0.25, -0.2) is 9.78 Å². The van der Waals surface area contributed by atoms with Crippen molar-refractivity contribution in [2.24, 2.45) is 5.92 Å². The van der Waals surface area contributed by atoms with Gasteiger partial charge >= 0.3 is 6.03 Å².